The Morgan fingerprint density at radius 1 is 1.07 bits per heavy atom. The molecule has 5 aromatic rings. The average Bonchev–Trinajstić information content (AvgIpc) is 3.74. The summed E-state index contributed by atoms with van der Waals surface area (Å²) < 4.78 is 23.7. The van der Waals surface area contributed by atoms with Crippen molar-refractivity contribution < 1.29 is 49.0 Å². The number of phenolic OH excluding ortho intramolecular Hbond substituents is 1. The zero-order valence-electron chi connectivity index (χ0n) is 30.8. The van der Waals surface area contributed by atoms with Crippen LogP contribution in [0.1, 0.15) is 30.4 Å². The van der Waals surface area contributed by atoms with Gasteiger partial charge in [0.05, 0.1) is 10.9 Å². The molecule has 13 nitrogen and oxygen atoms in total. The zero-order valence-corrected chi connectivity index (χ0v) is 32.5. The Labute approximate surface area is 336 Å². The number of aliphatic carboxylic acids is 1. The number of aromatic nitrogens is 1. The SMILES string of the molecule is CC(CC=Cc1ccccc1)C1CNC(O)C2(O)C(Oc3ccc4c(=O)c(-c5ccc(O)cc5)coc4c3)OC(C(=O)O)C(O)C2OCSSCC1c1cc[nH]c1. The van der Waals surface area contributed by atoms with E-state index in [4.69, 9.17) is 18.6 Å². The number of carboxylic acid groups (broad SMARTS) is 1. The molecule has 2 fully saturated rings. The fourth-order valence-electron chi connectivity index (χ4n) is 7.48. The van der Waals surface area contributed by atoms with Gasteiger partial charge in [0.15, 0.2) is 17.1 Å². The average molecular weight is 817 g/mol. The van der Waals surface area contributed by atoms with Crippen LogP contribution >= 0.6 is 21.6 Å². The van der Waals surface area contributed by atoms with Crippen LogP contribution in [0.25, 0.3) is 28.2 Å². The highest BCUT2D eigenvalue weighted by molar-refractivity contribution is 8.76. The maximum atomic E-state index is 13.4. The molecule has 57 heavy (non-hydrogen) atoms. The molecule has 9 atom stereocenters. The number of aromatic hydroxyl groups is 1. The molecule has 9 unspecified atom stereocenters. The number of hydrogen-bond donors (Lipinski definition) is 7. The molecule has 4 heterocycles. The molecule has 0 spiro atoms. The van der Waals surface area contributed by atoms with Crippen LogP contribution in [-0.2, 0) is 14.3 Å². The van der Waals surface area contributed by atoms with Crippen LogP contribution in [0.15, 0.2) is 113 Å². The van der Waals surface area contributed by atoms with Crippen LogP contribution in [0.3, 0.4) is 0 Å². The van der Waals surface area contributed by atoms with E-state index in [-0.39, 0.29) is 63.7 Å². The summed E-state index contributed by atoms with van der Waals surface area (Å²) in [6.07, 6.45) is 0.760. The van der Waals surface area contributed by atoms with E-state index in [2.05, 4.69) is 29.4 Å². The Hall–Kier alpha value is -4.58. The second-order valence-electron chi connectivity index (χ2n) is 14.3. The lowest BCUT2D eigenvalue weighted by atomic mass is 9.78. The Morgan fingerprint density at radius 3 is 2.60 bits per heavy atom. The Morgan fingerprint density at radius 2 is 1.86 bits per heavy atom. The van der Waals surface area contributed by atoms with Gasteiger partial charge in [0.2, 0.25) is 6.29 Å². The predicted molar refractivity (Wildman–Crippen MR) is 218 cm³/mol. The molecular weight excluding hydrogens is 773 g/mol. The summed E-state index contributed by atoms with van der Waals surface area (Å²) in [7, 11) is 2.89. The number of hydrogen-bond acceptors (Lipinski definition) is 13. The van der Waals surface area contributed by atoms with Crippen molar-refractivity contribution in [2.24, 2.45) is 11.8 Å². The molecule has 0 saturated carbocycles. The number of aliphatic hydroxyl groups excluding tert-OH is 2. The number of phenols is 1. The minimum Gasteiger partial charge on any atom is -0.508 e. The number of carboxylic acids is 1. The summed E-state index contributed by atoms with van der Waals surface area (Å²) in [5.41, 5.74) is 0.146. The molecule has 2 aliphatic rings. The van der Waals surface area contributed by atoms with Crippen molar-refractivity contribution in [1.29, 1.82) is 0 Å². The smallest absolute Gasteiger partial charge is 0.335 e. The number of H-pyrrole nitrogens is 1. The first-order chi connectivity index (χ1) is 27.5. The number of rotatable bonds is 9. The molecule has 3 aromatic carbocycles. The summed E-state index contributed by atoms with van der Waals surface area (Å²) in [6.45, 7) is 2.34. The topological polar surface area (TPSA) is 204 Å². The van der Waals surface area contributed by atoms with Gasteiger partial charge in [-0.05, 0) is 71.2 Å². The quantitative estimate of drug-likeness (QED) is 0.0912. The standard InChI is InChI=1S/C42H44N2O11S2/c1-24(6-5-9-25-7-3-2-4-8-25)31-20-44-40(50)42(51)38(53-23-57-56-22-33(31)27-16-17-43-19-27)36(47)37(39(48)49)55-41(42)54-29-14-15-30-34(18-29)52-21-32(35(30)46)26-10-12-28(45)13-11-26/h2-5,7-19,21,24,31,33,36-38,40-41,43-45,47,50-51H,6,20,22-23H2,1H3,(H,48,49). The van der Waals surface area contributed by atoms with Crippen molar-refractivity contribution in [3.05, 3.63) is 125 Å². The van der Waals surface area contributed by atoms with E-state index in [0.717, 1.165) is 11.1 Å². The van der Waals surface area contributed by atoms with Gasteiger partial charge in [0, 0.05) is 30.8 Å². The minimum atomic E-state index is -2.57. The van der Waals surface area contributed by atoms with Crippen LogP contribution in [0.4, 0.5) is 0 Å². The van der Waals surface area contributed by atoms with Gasteiger partial charge in [0.1, 0.15) is 47.7 Å². The van der Waals surface area contributed by atoms with E-state index in [9.17, 15) is 35.1 Å². The molecule has 0 radical (unpaired) electrons. The maximum Gasteiger partial charge on any atom is 0.335 e. The summed E-state index contributed by atoms with van der Waals surface area (Å²) in [4.78, 5) is 29.0. The summed E-state index contributed by atoms with van der Waals surface area (Å²) >= 11 is 0. The Balaban J connectivity index is 1.19. The third kappa shape index (κ3) is 8.81. The van der Waals surface area contributed by atoms with E-state index < -0.39 is 42.4 Å². The highest BCUT2D eigenvalue weighted by atomic mass is 33.1. The molecule has 2 saturated heterocycles. The maximum absolute atomic E-state index is 13.4. The molecule has 2 aliphatic heterocycles. The zero-order chi connectivity index (χ0) is 40.1. The molecule has 2 aromatic heterocycles. The van der Waals surface area contributed by atoms with Crippen LogP contribution in [0.2, 0.25) is 0 Å². The van der Waals surface area contributed by atoms with Gasteiger partial charge in [-0.1, -0.05) is 83.1 Å². The predicted octanol–water partition coefficient (Wildman–Crippen LogP) is 5.56. The molecule has 300 valence electrons. The first-order valence-electron chi connectivity index (χ1n) is 18.5. The van der Waals surface area contributed by atoms with E-state index in [1.807, 2.05) is 48.8 Å². The highest BCUT2D eigenvalue weighted by Crippen LogP contribution is 2.42. The van der Waals surface area contributed by atoms with E-state index in [1.165, 1.54) is 47.4 Å². The van der Waals surface area contributed by atoms with Crippen molar-refractivity contribution in [1.82, 2.24) is 10.3 Å². The number of aliphatic hydroxyl groups is 3. The molecule has 0 bridgehead atoms. The Kier molecular flexibility index (Phi) is 12.8. The van der Waals surface area contributed by atoms with Crippen LogP contribution in [0.5, 0.6) is 11.5 Å². The number of benzene rings is 3. The van der Waals surface area contributed by atoms with Crippen molar-refractivity contribution in [3.63, 3.8) is 0 Å². The third-order valence-electron chi connectivity index (χ3n) is 10.7. The van der Waals surface area contributed by atoms with Crippen LogP contribution in [0, 0.1) is 11.8 Å². The van der Waals surface area contributed by atoms with Gasteiger partial charge < -0.3 is 49.1 Å². The van der Waals surface area contributed by atoms with Crippen molar-refractivity contribution >= 4 is 44.6 Å². The first-order valence-corrected chi connectivity index (χ1v) is 21.0. The van der Waals surface area contributed by atoms with Gasteiger partial charge in [0.25, 0.3) is 0 Å². The Bertz CT molecular complexity index is 2200. The fraction of sp³-hybridized carbons (Fsp3) is 0.333. The lowest BCUT2D eigenvalue weighted by Crippen LogP contribution is -2.75. The third-order valence-corrected chi connectivity index (χ3v) is 12.8. The van der Waals surface area contributed by atoms with Gasteiger partial charge in [-0.15, -0.1) is 0 Å². The largest absolute Gasteiger partial charge is 0.508 e. The minimum absolute atomic E-state index is 0.00760. The molecule has 15 heteroatoms. The number of carbonyl (C=O) groups is 1. The molecule has 7 N–H and O–H groups in total. The van der Waals surface area contributed by atoms with Crippen LogP contribution in [-0.4, -0.2) is 91.2 Å². The lowest BCUT2D eigenvalue weighted by Gasteiger charge is -2.50. The molecule has 0 amide bonds. The van der Waals surface area contributed by atoms with Gasteiger partial charge in [-0.3, -0.25) is 10.1 Å². The highest BCUT2D eigenvalue weighted by Gasteiger charge is 2.63. The number of ether oxygens (including phenoxy) is 3. The van der Waals surface area contributed by atoms with E-state index in [1.54, 1.807) is 22.9 Å². The summed E-state index contributed by atoms with van der Waals surface area (Å²) in [5.74, 6) is -0.866. The number of fused-ring (bicyclic) bond motifs is 2. The monoisotopic (exact) mass is 816 g/mol. The number of aromatic amines is 1. The molecular formula is C42H44N2O11S2. The first kappa shape index (κ1) is 40.6. The normalized spacial score (nSPS) is 27.9. The van der Waals surface area contributed by atoms with E-state index in [0.29, 0.717) is 17.7 Å². The van der Waals surface area contributed by atoms with Gasteiger partial charge in [-0.25, -0.2) is 4.79 Å². The van der Waals surface area contributed by atoms with Gasteiger partial charge in [-0.2, -0.15) is 0 Å². The number of nitrogens with one attached hydrogen (secondary N) is 2. The summed E-state index contributed by atoms with van der Waals surface area (Å²) in [5, 5.41) is 58.9. The lowest BCUT2D eigenvalue weighted by molar-refractivity contribution is -0.342. The second-order valence-corrected chi connectivity index (χ2v) is 16.7. The molecule has 0 aliphatic carbocycles. The van der Waals surface area contributed by atoms with Crippen molar-refractivity contribution in [2.45, 2.75) is 55.7 Å². The summed E-state index contributed by atoms with van der Waals surface area (Å²) in [6, 6.07) is 22.4. The van der Waals surface area contributed by atoms with Crippen molar-refractivity contribution in [3.8, 4) is 22.6 Å². The molecule has 7 rings (SSSR count). The van der Waals surface area contributed by atoms with Gasteiger partial charge >= 0.3 is 5.97 Å². The van der Waals surface area contributed by atoms with Crippen molar-refractivity contribution in [2.75, 3.05) is 18.2 Å². The number of allylic oxidation sites excluding steroid dienone is 1. The van der Waals surface area contributed by atoms with E-state index >= 15 is 0 Å². The fourth-order valence-corrected chi connectivity index (χ4v) is 9.53. The second kappa shape index (κ2) is 17.9. The van der Waals surface area contributed by atoms with Crippen LogP contribution < -0.4 is 15.5 Å².